The number of thiazole rings is 2. The van der Waals surface area contributed by atoms with E-state index in [1.54, 1.807) is 35.3 Å². The summed E-state index contributed by atoms with van der Waals surface area (Å²) in [7, 11) is -6.78. The summed E-state index contributed by atoms with van der Waals surface area (Å²) >= 11 is 3.07. The molecule has 4 atom stereocenters. The fourth-order valence-corrected chi connectivity index (χ4v) is 9.13. The van der Waals surface area contributed by atoms with Gasteiger partial charge in [0.2, 0.25) is 20.0 Å². The van der Waals surface area contributed by atoms with Crippen LogP contribution in [0.25, 0.3) is 22.3 Å². The Morgan fingerprint density at radius 2 is 1.05 bits per heavy atom. The van der Waals surface area contributed by atoms with Gasteiger partial charge in [0.15, 0.2) is 0 Å². The number of sulfonamides is 2. The van der Waals surface area contributed by atoms with Crippen LogP contribution in [0.1, 0.15) is 34.7 Å². The first-order valence-corrected chi connectivity index (χ1v) is 23.3. The molecule has 2 aliphatic heterocycles. The molecular formula is C40H40N4O8S4. The number of hydrogen-bond donors (Lipinski definition) is 4. The minimum absolute atomic E-state index is 0.0559. The van der Waals surface area contributed by atoms with Gasteiger partial charge < -0.3 is 19.7 Å². The molecule has 6 aromatic rings. The van der Waals surface area contributed by atoms with Gasteiger partial charge in [-0.05, 0) is 48.2 Å². The molecule has 0 saturated heterocycles. The first-order valence-electron chi connectivity index (χ1n) is 17.6. The molecule has 0 aliphatic carbocycles. The molecule has 4 heterocycles. The second kappa shape index (κ2) is 16.7. The topological polar surface area (TPSA) is 177 Å². The molecule has 0 radical (unpaired) electrons. The van der Waals surface area contributed by atoms with Crippen LogP contribution >= 0.6 is 22.7 Å². The van der Waals surface area contributed by atoms with Gasteiger partial charge in [-0.25, -0.2) is 26.8 Å². The van der Waals surface area contributed by atoms with E-state index in [4.69, 9.17) is 9.47 Å². The van der Waals surface area contributed by atoms with Crippen LogP contribution in [0.5, 0.6) is 11.5 Å². The van der Waals surface area contributed by atoms with Gasteiger partial charge in [-0.1, -0.05) is 60.7 Å². The van der Waals surface area contributed by atoms with Gasteiger partial charge >= 0.3 is 0 Å². The van der Waals surface area contributed by atoms with Crippen molar-refractivity contribution in [2.75, 3.05) is 35.2 Å². The number of anilines is 2. The van der Waals surface area contributed by atoms with E-state index in [2.05, 4.69) is 19.4 Å². The maximum atomic E-state index is 11.7. The Bertz CT molecular complexity index is 2340. The molecule has 292 valence electrons. The first kappa shape index (κ1) is 39.4. The van der Waals surface area contributed by atoms with Crippen LogP contribution in [-0.2, 0) is 32.9 Å². The predicted octanol–water partition coefficient (Wildman–Crippen LogP) is 6.93. The zero-order valence-electron chi connectivity index (χ0n) is 30.4. The van der Waals surface area contributed by atoms with E-state index in [0.717, 1.165) is 57.3 Å². The average molecular weight is 833 g/mol. The Balaban J connectivity index is 0.000000172. The number of aliphatic hydroxyl groups is 2. The third kappa shape index (κ3) is 9.57. The van der Waals surface area contributed by atoms with Crippen molar-refractivity contribution in [3.8, 4) is 33.8 Å². The van der Waals surface area contributed by atoms with Gasteiger partial charge in [0.05, 0.1) is 71.7 Å². The van der Waals surface area contributed by atoms with Crippen LogP contribution in [0.2, 0.25) is 0 Å². The summed E-state index contributed by atoms with van der Waals surface area (Å²) in [5, 5.41) is 25.6. The molecule has 0 amide bonds. The summed E-state index contributed by atoms with van der Waals surface area (Å²) in [6.07, 6.45) is 2.30. The molecule has 0 bridgehead atoms. The number of aromatic nitrogens is 2. The Hall–Kier alpha value is -4.84. The molecule has 16 heteroatoms. The number of fused-ring (bicyclic) bond motifs is 2. The molecule has 12 nitrogen and oxygen atoms in total. The predicted molar refractivity (Wildman–Crippen MR) is 220 cm³/mol. The maximum absolute atomic E-state index is 11.7. The molecule has 2 aromatic heterocycles. The number of para-hydroxylation sites is 2. The van der Waals surface area contributed by atoms with Crippen LogP contribution in [0.4, 0.5) is 11.4 Å². The number of ether oxygens (including phenoxy) is 2. The number of nitrogens with zero attached hydrogens (tertiary/aromatic N) is 2. The van der Waals surface area contributed by atoms with Crippen LogP contribution in [0.3, 0.4) is 0 Å². The van der Waals surface area contributed by atoms with Gasteiger partial charge in [0, 0.05) is 44.8 Å². The van der Waals surface area contributed by atoms with Gasteiger partial charge in [-0.3, -0.25) is 9.44 Å². The molecule has 8 rings (SSSR count). The molecular weight excluding hydrogens is 793 g/mol. The normalized spacial score (nSPS) is 18.9. The van der Waals surface area contributed by atoms with Crippen molar-refractivity contribution in [1.82, 2.24) is 9.97 Å². The van der Waals surface area contributed by atoms with E-state index in [9.17, 15) is 27.0 Å². The highest BCUT2D eigenvalue weighted by Gasteiger charge is 2.32. The molecule has 4 aromatic carbocycles. The fraction of sp³-hybridized carbons (Fsp3) is 0.250. The average Bonchev–Trinajstić information content (AvgIpc) is 3.88. The Labute approximate surface area is 334 Å². The summed E-state index contributed by atoms with van der Waals surface area (Å²) in [5.41, 5.74) is 11.1. The first-order chi connectivity index (χ1) is 26.8. The quantitative estimate of drug-likeness (QED) is 0.113. The van der Waals surface area contributed by atoms with Crippen LogP contribution in [-0.4, -0.2) is 62.7 Å². The number of benzene rings is 4. The largest absolute Gasteiger partial charge is 0.493 e. The molecule has 0 spiro atoms. The highest BCUT2D eigenvalue weighted by atomic mass is 32.2. The Morgan fingerprint density at radius 3 is 1.43 bits per heavy atom. The molecule has 4 N–H and O–H groups in total. The summed E-state index contributed by atoms with van der Waals surface area (Å²) in [6.45, 7) is 0.802. The van der Waals surface area contributed by atoms with E-state index in [-0.39, 0.29) is 11.8 Å². The third-order valence-electron chi connectivity index (χ3n) is 9.44. The Morgan fingerprint density at radius 1 is 0.643 bits per heavy atom. The summed E-state index contributed by atoms with van der Waals surface area (Å²) in [5.74, 6) is 1.13. The SMILES string of the molecule is CS(=O)(=O)Nc1ccccc1-c1ccc2c(c1)OCC(Cc1cscn1)C2O.CS(=O)(=O)Nc1ccccc1-c1ccc2c(c1)OCC(Cc1cscn1)C2O. The fourth-order valence-electron chi connectivity index (χ4n) is 6.83. The lowest BCUT2D eigenvalue weighted by Crippen LogP contribution is -2.27. The second-order valence-corrected chi connectivity index (χ2v) is 18.7. The summed E-state index contributed by atoms with van der Waals surface area (Å²) in [6, 6.07) is 25.5. The smallest absolute Gasteiger partial charge is 0.229 e. The molecule has 0 fully saturated rings. The highest BCUT2D eigenvalue weighted by Crippen LogP contribution is 2.42. The second-order valence-electron chi connectivity index (χ2n) is 13.7. The van der Waals surface area contributed by atoms with Crippen molar-refractivity contribution in [3.05, 3.63) is 129 Å². The van der Waals surface area contributed by atoms with Gasteiger partial charge in [0.1, 0.15) is 11.5 Å². The number of rotatable bonds is 10. The standard InChI is InChI=1S/2C20H20N2O4S2/c2*1-28(24,25)22-18-5-3-2-4-16(18)13-6-7-17-19(9-13)26-10-14(20(17)23)8-15-11-27-12-21-15/h2*2-7,9,11-12,14,20,22-23H,8,10H2,1H3. The molecule has 2 aliphatic rings. The molecule has 0 saturated carbocycles. The van der Waals surface area contributed by atoms with Crippen molar-refractivity contribution in [3.63, 3.8) is 0 Å². The minimum Gasteiger partial charge on any atom is -0.493 e. The Kier molecular flexibility index (Phi) is 11.8. The van der Waals surface area contributed by atoms with Crippen molar-refractivity contribution in [2.24, 2.45) is 11.8 Å². The van der Waals surface area contributed by atoms with E-state index < -0.39 is 32.3 Å². The number of nitrogens with one attached hydrogen (secondary N) is 2. The van der Waals surface area contributed by atoms with Crippen molar-refractivity contribution < 1.29 is 36.5 Å². The van der Waals surface area contributed by atoms with Gasteiger partial charge in [-0.2, -0.15) is 0 Å². The zero-order chi connectivity index (χ0) is 39.5. The van der Waals surface area contributed by atoms with Crippen molar-refractivity contribution in [1.29, 1.82) is 0 Å². The zero-order valence-corrected chi connectivity index (χ0v) is 33.7. The van der Waals surface area contributed by atoms with Crippen LogP contribution in [0.15, 0.2) is 107 Å². The number of aliphatic hydroxyl groups excluding tert-OH is 2. The lowest BCUT2D eigenvalue weighted by Gasteiger charge is -2.30. The molecule has 4 unspecified atom stereocenters. The maximum Gasteiger partial charge on any atom is 0.229 e. The van der Waals surface area contributed by atoms with Crippen molar-refractivity contribution >= 4 is 54.1 Å². The third-order valence-corrected chi connectivity index (χ3v) is 11.9. The van der Waals surface area contributed by atoms with E-state index in [0.29, 0.717) is 48.9 Å². The van der Waals surface area contributed by atoms with Gasteiger partial charge in [-0.15, -0.1) is 22.7 Å². The molecule has 56 heavy (non-hydrogen) atoms. The van der Waals surface area contributed by atoms with Crippen LogP contribution in [0, 0.1) is 11.8 Å². The van der Waals surface area contributed by atoms with Gasteiger partial charge in [0.25, 0.3) is 0 Å². The summed E-state index contributed by atoms with van der Waals surface area (Å²) in [4.78, 5) is 8.58. The summed E-state index contributed by atoms with van der Waals surface area (Å²) < 4.78 is 63.6. The lowest BCUT2D eigenvalue weighted by molar-refractivity contribution is 0.0502. The highest BCUT2D eigenvalue weighted by molar-refractivity contribution is 7.92. The van der Waals surface area contributed by atoms with E-state index >= 15 is 0 Å². The lowest BCUT2D eigenvalue weighted by atomic mass is 9.88. The van der Waals surface area contributed by atoms with Crippen LogP contribution < -0.4 is 18.9 Å². The number of hydrogen-bond acceptors (Lipinski definition) is 12. The minimum atomic E-state index is -3.39. The van der Waals surface area contributed by atoms with E-state index in [1.165, 1.54) is 22.7 Å². The van der Waals surface area contributed by atoms with Crippen molar-refractivity contribution in [2.45, 2.75) is 25.0 Å². The van der Waals surface area contributed by atoms with E-state index in [1.807, 2.05) is 71.4 Å². The monoisotopic (exact) mass is 832 g/mol.